The van der Waals surface area contributed by atoms with Gasteiger partial charge in [0, 0.05) is 31.1 Å². The number of nitrogens with one attached hydrogen (secondary N) is 1. The Hall–Kier alpha value is -2.24. The van der Waals surface area contributed by atoms with Gasteiger partial charge >= 0.3 is 0 Å². The van der Waals surface area contributed by atoms with Crippen LogP contribution in [0.25, 0.3) is 0 Å². The van der Waals surface area contributed by atoms with E-state index >= 15 is 0 Å². The molecule has 0 aliphatic carbocycles. The van der Waals surface area contributed by atoms with Crippen molar-refractivity contribution in [2.75, 3.05) is 12.4 Å². The highest BCUT2D eigenvalue weighted by atomic mass is 16.1. The molecule has 0 radical (unpaired) electrons. The molecule has 2 aromatic rings. The quantitative estimate of drug-likeness (QED) is 0.829. The second kappa shape index (κ2) is 4.73. The number of aryl methyl sites for hydroxylation is 1. The zero-order valence-electron chi connectivity index (χ0n) is 9.71. The Morgan fingerprint density at radius 1 is 1.41 bits per heavy atom. The molecule has 0 aromatic carbocycles. The molecule has 0 fully saturated rings. The minimum absolute atomic E-state index is 0.163. The van der Waals surface area contributed by atoms with Gasteiger partial charge in [-0.25, -0.2) is 14.6 Å². The summed E-state index contributed by atoms with van der Waals surface area (Å²) in [4.78, 5) is 20.0. The van der Waals surface area contributed by atoms with Gasteiger partial charge in [-0.05, 0) is 13.0 Å². The molecule has 1 N–H and O–H groups in total. The topological polar surface area (TPSA) is 72.7 Å². The van der Waals surface area contributed by atoms with Crippen LogP contribution in [0.15, 0.2) is 29.2 Å². The zero-order chi connectivity index (χ0) is 12.3. The largest absolute Gasteiger partial charge is 0.373 e. The van der Waals surface area contributed by atoms with Gasteiger partial charge in [-0.2, -0.15) is 5.10 Å². The number of nitrogens with zero attached hydrogens (tertiary/aromatic N) is 4. The van der Waals surface area contributed by atoms with Crippen LogP contribution in [0.1, 0.15) is 11.5 Å². The number of aromatic nitrogens is 4. The monoisotopic (exact) mass is 231 g/mol. The average molecular weight is 231 g/mol. The van der Waals surface area contributed by atoms with Gasteiger partial charge in [0.2, 0.25) is 0 Å². The Morgan fingerprint density at radius 3 is 2.94 bits per heavy atom. The van der Waals surface area contributed by atoms with Crippen LogP contribution in [-0.2, 0) is 6.54 Å². The molecule has 2 aromatic heterocycles. The summed E-state index contributed by atoms with van der Waals surface area (Å²) in [7, 11) is 1.79. The second-order valence-corrected chi connectivity index (χ2v) is 3.58. The van der Waals surface area contributed by atoms with Crippen molar-refractivity contribution in [1.82, 2.24) is 19.7 Å². The first kappa shape index (κ1) is 11.3. The first-order valence-electron chi connectivity index (χ1n) is 5.23. The van der Waals surface area contributed by atoms with E-state index < -0.39 is 0 Å². The standard InChI is InChI=1S/C11H13N5O/c1-8-6-9(12-2)15-10(14-8)7-16-11(17)4-3-5-13-16/h3-6H,7H2,1-2H3,(H,12,14,15). The Labute approximate surface area is 98.4 Å². The van der Waals surface area contributed by atoms with Crippen molar-refractivity contribution in [2.24, 2.45) is 0 Å². The SMILES string of the molecule is CNc1cc(C)nc(Cn2ncccc2=O)n1. The van der Waals surface area contributed by atoms with Gasteiger partial charge in [0.05, 0.1) is 0 Å². The van der Waals surface area contributed by atoms with Crippen LogP contribution in [0.4, 0.5) is 5.82 Å². The summed E-state index contributed by atoms with van der Waals surface area (Å²) in [6, 6.07) is 4.90. The van der Waals surface area contributed by atoms with Crippen molar-refractivity contribution in [3.8, 4) is 0 Å². The lowest BCUT2D eigenvalue weighted by atomic mass is 10.4. The van der Waals surface area contributed by atoms with E-state index in [-0.39, 0.29) is 12.1 Å². The number of hydrogen-bond acceptors (Lipinski definition) is 5. The molecular weight excluding hydrogens is 218 g/mol. The predicted octanol–water partition coefficient (Wildman–Crippen LogP) is 0.432. The van der Waals surface area contributed by atoms with E-state index in [2.05, 4.69) is 20.4 Å². The Balaban J connectivity index is 2.33. The van der Waals surface area contributed by atoms with Crippen LogP contribution < -0.4 is 10.9 Å². The third-order valence-corrected chi connectivity index (χ3v) is 2.23. The Bertz CT molecular complexity index is 578. The van der Waals surface area contributed by atoms with Crippen molar-refractivity contribution in [2.45, 2.75) is 13.5 Å². The normalized spacial score (nSPS) is 10.2. The molecule has 2 heterocycles. The smallest absolute Gasteiger partial charge is 0.267 e. The van der Waals surface area contributed by atoms with Crippen molar-refractivity contribution in [1.29, 1.82) is 0 Å². The molecule has 6 nitrogen and oxygen atoms in total. The van der Waals surface area contributed by atoms with Crippen LogP contribution in [0.2, 0.25) is 0 Å². The highest BCUT2D eigenvalue weighted by molar-refractivity contribution is 5.34. The molecule has 2 rings (SSSR count). The highest BCUT2D eigenvalue weighted by Crippen LogP contribution is 2.05. The summed E-state index contributed by atoms with van der Waals surface area (Å²) < 4.78 is 1.33. The van der Waals surface area contributed by atoms with Crippen LogP contribution in [0.3, 0.4) is 0 Å². The zero-order valence-corrected chi connectivity index (χ0v) is 9.71. The maximum Gasteiger partial charge on any atom is 0.267 e. The van der Waals surface area contributed by atoms with Gasteiger partial charge in [-0.3, -0.25) is 4.79 Å². The molecule has 17 heavy (non-hydrogen) atoms. The summed E-state index contributed by atoms with van der Waals surface area (Å²) in [6.07, 6.45) is 1.57. The fraction of sp³-hybridized carbons (Fsp3) is 0.273. The lowest BCUT2D eigenvalue weighted by molar-refractivity contribution is 0.613. The third-order valence-electron chi connectivity index (χ3n) is 2.23. The van der Waals surface area contributed by atoms with Crippen LogP contribution in [-0.4, -0.2) is 26.8 Å². The van der Waals surface area contributed by atoms with Crippen LogP contribution >= 0.6 is 0 Å². The summed E-state index contributed by atoms with van der Waals surface area (Å²) in [5.41, 5.74) is 0.687. The molecule has 6 heteroatoms. The minimum atomic E-state index is -0.163. The molecule has 0 saturated carbocycles. The summed E-state index contributed by atoms with van der Waals surface area (Å²) in [6.45, 7) is 2.16. The van der Waals surface area contributed by atoms with E-state index in [1.807, 2.05) is 13.0 Å². The fourth-order valence-electron chi connectivity index (χ4n) is 1.47. The van der Waals surface area contributed by atoms with Gasteiger partial charge in [-0.15, -0.1) is 0 Å². The van der Waals surface area contributed by atoms with Gasteiger partial charge in [-0.1, -0.05) is 0 Å². The fourth-order valence-corrected chi connectivity index (χ4v) is 1.47. The molecule has 0 unspecified atom stereocenters. The Kier molecular flexibility index (Phi) is 3.13. The lowest BCUT2D eigenvalue weighted by Crippen LogP contribution is -2.23. The summed E-state index contributed by atoms with van der Waals surface area (Å²) in [5, 5.41) is 6.91. The van der Waals surface area contributed by atoms with Gasteiger partial charge in [0.15, 0.2) is 5.82 Å². The molecule has 0 aliphatic rings. The van der Waals surface area contributed by atoms with Gasteiger partial charge < -0.3 is 5.32 Å². The van der Waals surface area contributed by atoms with E-state index in [0.29, 0.717) is 5.82 Å². The van der Waals surface area contributed by atoms with Gasteiger partial charge in [0.25, 0.3) is 5.56 Å². The first-order valence-corrected chi connectivity index (χ1v) is 5.23. The molecule has 0 atom stereocenters. The lowest BCUT2D eigenvalue weighted by Gasteiger charge is -2.06. The first-order chi connectivity index (χ1) is 8.19. The van der Waals surface area contributed by atoms with E-state index in [1.54, 1.807) is 19.3 Å². The van der Waals surface area contributed by atoms with E-state index in [1.165, 1.54) is 10.7 Å². The van der Waals surface area contributed by atoms with Crippen molar-refractivity contribution < 1.29 is 0 Å². The minimum Gasteiger partial charge on any atom is -0.373 e. The van der Waals surface area contributed by atoms with E-state index in [4.69, 9.17) is 0 Å². The number of rotatable bonds is 3. The molecule has 0 saturated heterocycles. The third kappa shape index (κ3) is 2.66. The summed E-state index contributed by atoms with van der Waals surface area (Å²) in [5.74, 6) is 1.30. The van der Waals surface area contributed by atoms with Gasteiger partial charge in [0.1, 0.15) is 12.4 Å². The maximum atomic E-state index is 11.5. The molecule has 0 spiro atoms. The van der Waals surface area contributed by atoms with Crippen LogP contribution in [0, 0.1) is 6.92 Å². The highest BCUT2D eigenvalue weighted by Gasteiger charge is 2.03. The molecule has 0 amide bonds. The van der Waals surface area contributed by atoms with Crippen molar-refractivity contribution >= 4 is 5.82 Å². The summed E-state index contributed by atoms with van der Waals surface area (Å²) >= 11 is 0. The van der Waals surface area contributed by atoms with E-state index in [0.717, 1.165) is 11.5 Å². The molecular formula is C11H13N5O. The molecule has 88 valence electrons. The number of anilines is 1. The van der Waals surface area contributed by atoms with Crippen LogP contribution in [0.5, 0.6) is 0 Å². The number of hydrogen-bond donors (Lipinski definition) is 1. The van der Waals surface area contributed by atoms with E-state index in [9.17, 15) is 4.79 Å². The maximum absolute atomic E-state index is 11.5. The molecule has 0 bridgehead atoms. The van der Waals surface area contributed by atoms with Crippen molar-refractivity contribution in [3.63, 3.8) is 0 Å². The average Bonchev–Trinajstić information content (AvgIpc) is 2.31. The second-order valence-electron chi connectivity index (χ2n) is 3.58. The predicted molar refractivity (Wildman–Crippen MR) is 63.9 cm³/mol. The Morgan fingerprint density at radius 2 is 2.24 bits per heavy atom. The van der Waals surface area contributed by atoms with Crippen molar-refractivity contribution in [3.05, 3.63) is 46.3 Å². The molecule has 0 aliphatic heterocycles.